The number of fused-ring (bicyclic) bond motifs is 3. The first-order chi connectivity index (χ1) is 18.7. The van der Waals surface area contributed by atoms with E-state index in [1.165, 1.54) is 0 Å². The average Bonchev–Trinajstić information content (AvgIpc) is 3.36. The lowest BCUT2D eigenvalue weighted by atomic mass is 9.96. The highest BCUT2D eigenvalue weighted by Crippen LogP contribution is 2.36. The maximum atomic E-state index is 6.50. The van der Waals surface area contributed by atoms with Gasteiger partial charge in [-0.05, 0) is 64.2 Å². The molecule has 0 fully saturated rings. The lowest BCUT2D eigenvalue weighted by Crippen LogP contribution is -1.98. The minimum atomic E-state index is 0.129. The van der Waals surface area contributed by atoms with Gasteiger partial charge in [-0.25, -0.2) is 4.98 Å². The number of para-hydroxylation sites is 2. The molecule has 0 saturated heterocycles. The van der Waals surface area contributed by atoms with E-state index < -0.39 is 0 Å². The summed E-state index contributed by atoms with van der Waals surface area (Å²) >= 11 is 6.50. The zero-order valence-electron chi connectivity index (χ0n) is 20.2. The van der Waals surface area contributed by atoms with Crippen LogP contribution in [0.1, 0.15) is 0 Å². The Bertz CT molecular complexity index is 1870. The fraction of sp³-hybridized carbons (Fsp3) is 0. The number of halogens is 1. The number of hydrogen-bond acceptors (Lipinski definition) is 4. The summed E-state index contributed by atoms with van der Waals surface area (Å²) in [5.74, 6) is 0.971. The van der Waals surface area contributed by atoms with Crippen molar-refractivity contribution in [2.24, 2.45) is 0 Å². The Labute approximate surface area is 224 Å². The standard InChI is InChI=1S/C33H20ClN3O/c34-33-36-31(35-32(37-33)28-16-9-15-27-26-14-7-8-17-29(26)38-30(27)28)25-19-23(21-10-3-1-4-11-21)18-24(20-25)22-12-5-2-6-13-22/h1-20H. The van der Waals surface area contributed by atoms with Crippen molar-refractivity contribution in [3.05, 3.63) is 127 Å². The summed E-state index contributed by atoms with van der Waals surface area (Å²) in [6.45, 7) is 0. The molecule has 0 spiro atoms. The van der Waals surface area contributed by atoms with E-state index in [1.807, 2.05) is 72.8 Å². The summed E-state index contributed by atoms with van der Waals surface area (Å²) in [7, 11) is 0. The van der Waals surface area contributed by atoms with Gasteiger partial charge in [-0.3, -0.25) is 0 Å². The summed E-state index contributed by atoms with van der Waals surface area (Å²) in [5.41, 5.74) is 7.53. The maximum Gasteiger partial charge on any atom is 0.226 e. The molecule has 0 unspecified atom stereocenters. The van der Waals surface area contributed by atoms with Gasteiger partial charge in [0.05, 0.1) is 5.56 Å². The molecule has 0 atom stereocenters. The van der Waals surface area contributed by atoms with Crippen LogP contribution in [0.3, 0.4) is 0 Å². The van der Waals surface area contributed by atoms with E-state index in [1.54, 1.807) is 0 Å². The third kappa shape index (κ3) is 4.01. The molecule has 2 aromatic heterocycles. The van der Waals surface area contributed by atoms with Crippen LogP contribution in [0.5, 0.6) is 0 Å². The average molecular weight is 510 g/mol. The SMILES string of the molecule is Clc1nc(-c2cc(-c3ccccc3)cc(-c3ccccc3)c2)nc(-c2cccc3c2oc2ccccc23)n1. The zero-order valence-corrected chi connectivity index (χ0v) is 20.9. The first kappa shape index (κ1) is 22.4. The predicted octanol–water partition coefficient (Wildman–Crippen LogP) is 9.09. The van der Waals surface area contributed by atoms with Gasteiger partial charge in [0.2, 0.25) is 5.28 Å². The number of aromatic nitrogens is 3. The Balaban J connectivity index is 1.43. The van der Waals surface area contributed by atoms with Gasteiger partial charge in [0, 0.05) is 16.3 Å². The molecule has 0 amide bonds. The maximum absolute atomic E-state index is 6.50. The van der Waals surface area contributed by atoms with E-state index in [0.29, 0.717) is 11.6 Å². The number of nitrogens with zero attached hydrogens (tertiary/aromatic N) is 3. The molecule has 5 aromatic carbocycles. The fourth-order valence-electron chi connectivity index (χ4n) is 4.87. The number of rotatable bonds is 4. The minimum Gasteiger partial charge on any atom is -0.455 e. The Morgan fingerprint density at radius 3 is 1.76 bits per heavy atom. The first-order valence-corrected chi connectivity index (χ1v) is 12.7. The van der Waals surface area contributed by atoms with Gasteiger partial charge in [-0.15, -0.1) is 0 Å². The van der Waals surface area contributed by atoms with E-state index in [0.717, 1.165) is 55.3 Å². The predicted molar refractivity (Wildman–Crippen MR) is 154 cm³/mol. The van der Waals surface area contributed by atoms with Crippen LogP contribution in [0.25, 0.3) is 67.0 Å². The van der Waals surface area contributed by atoms with Crippen LogP contribution >= 0.6 is 11.6 Å². The second-order valence-corrected chi connectivity index (χ2v) is 9.40. The van der Waals surface area contributed by atoms with Crippen molar-refractivity contribution in [3.8, 4) is 45.0 Å². The molecule has 0 bridgehead atoms. The van der Waals surface area contributed by atoms with Gasteiger partial charge in [0.1, 0.15) is 11.2 Å². The molecule has 38 heavy (non-hydrogen) atoms. The lowest BCUT2D eigenvalue weighted by molar-refractivity contribution is 0.669. The molecule has 0 saturated carbocycles. The molecule has 0 aliphatic rings. The lowest BCUT2D eigenvalue weighted by Gasteiger charge is -2.11. The van der Waals surface area contributed by atoms with Gasteiger partial charge in [0.25, 0.3) is 0 Å². The molecule has 2 heterocycles. The Hall–Kier alpha value is -4.80. The van der Waals surface area contributed by atoms with Crippen LogP contribution in [0.4, 0.5) is 0 Å². The van der Waals surface area contributed by atoms with Gasteiger partial charge in [-0.1, -0.05) is 91.0 Å². The summed E-state index contributed by atoms with van der Waals surface area (Å²) in [4.78, 5) is 13.9. The molecule has 7 rings (SSSR count). The largest absolute Gasteiger partial charge is 0.455 e. The van der Waals surface area contributed by atoms with Crippen molar-refractivity contribution in [3.63, 3.8) is 0 Å². The quantitative estimate of drug-likeness (QED) is 0.237. The van der Waals surface area contributed by atoms with E-state index in [4.69, 9.17) is 21.0 Å². The molecule has 0 aliphatic carbocycles. The third-order valence-corrected chi connectivity index (χ3v) is 6.83. The Morgan fingerprint density at radius 2 is 1.05 bits per heavy atom. The van der Waals surface area contributed by atoms with Crippen molar-refractivity contribution in [1.82, 2.24) is 15.0 Å². The van der Waals surface area contributed by atoms with Crippen LogP contribution in [-0.4, -0.2) is 15.0 Å². The van der Waals surface area contributed by atoms with Crippen LogP contribution < -0.4 is 0 Å². The molecular formula is C33H20ClN3O. The first-order valence-electron chi connectivity index (χ1n) is 12.3. The van der Waals surface area contributed by atoms with Crippen LogP contribution in [0, 0.1) is 0 Å². The van der Waals surface area contributed by atoms with E-state index in [-0.39, 0.29) is 5.28 Å². The molecule has 7 aromatic rings. The normalized spacial score (nSPS) is 11.3. The molecule has 4 nitrogen and oxygen atoms in total. The Kier molecular flexibility index (Phi) is 5.46. The third-order valence-electron chi connectivity index (χ3n) is 6.66. The fourth-order valence-corrected chi connectivity index (χ4v) is 5.03. The molecule has 0 N–H and O–H groups in total. The number of hydrogen-bond donors (Lipinski definition) is 0. The van der Waals surface area contributed by atoms with Crippen molar-refractivity contribution >= 4 is 33.5 Å². The Morgan fingerprint density at radius 1 is 0.474 bits per heavy atom. The topological polar surface area (TPSA) is 51.8 Å². The van der Waals surface area contributed by atoms with E-state index in [2.05, 4.69) is 58.5 Å². The van der Waals surface area contributed by atoms with E-state index in [9.17, 15) is 0 Å². The summed E-state index contributed by atoms with van der Waals surface area (Å²) in [6.07, 6.45) is 0. The van der Waals surface area contributed by atoms with Crippen LogP contribution in [0.15, 0.2) is 126 Å². The molecular weight excluding hydrogens is 490 g/mol. The molecule has 180 valence electrons. The number of furan rings is 1. The van der Waals surface area contributed by atoms with E-state index >= 15 is 0 Å². The molecule has 0 aliphatic heterocycles. The highest BCUT2D eigenvalue weighted by atomic mass is 35.5. The van der Waals surface area contributed by atoms with Gasteiger partial charge >= 0.3 is 0 Å². The van der Waals surface area contributed by atoms with Crippen LogP contribution in [0.2, 0.25) is 5.28 Å². The van der Waals surface area contributed by atoms with Crippen LogP contribution in [-0.2, 0) is 0 Å². The summed E-state index contributed by atoms with van der Waals surface area (Å²) in [5, 5.41) is 2.19. The highest BCUT2D eigenvalue weighted by Gasteiger charge is 2.17. The van der Waals surface area contributed by atoms with Crippen molar-refractivity contribution in [1.29, 1.82) is 0 Å². The van der Waals surface area contributed by atoms with Gasteiger partial charge in [0.15, 0.2) is 11.6 Å². The second kappa shape index (κ2) is 9.25. The smallest absolute Gasteiger partial charge is 0.226 e. The van der Waals surface area contributed by atoms with Gasteiger partial charge < -0.3 is 4.42 Å². The van der Waals surface area contributed by atoms with Crippen molar-refractivity contribution < 1.29 is 4.42 Å². The molecule has 5 heteroatoms. The second-order valence-electron chi connectivity index (χ2n) is 9.06. The van der Waals surface area contributed by atoms with Crippen molar-refractivity contribution in [2.45, 2.75) is 0 Å². The summed E-state index contributed by atoms with van der Waals surface area (Å²) < 4.78 is 6.23. The summed E-state index contributed by atoms with van der Waals surface area (Å²) in [6, 6.07) is 40.9. The molecule has 0 radical (unpaired) electrons. The monoisotopic (exact) mass is 509 g/mol. The van der Waals surface area contributed by atoms with Gasteiger partial charge in [-0.2, -0.15) is 9.97 Å². The highest BCUT2D eigenvalue weighted by molar-refractivity contribution is 6.28. The minimum absolute atomic E-state index is 0.129. The number of benzene rings is 5. The van der Waals surface area contributed by atoms with Crippen molar-refractivity contribution in [2.75, 3.05) is 0 Å². The zero-order chi connectivity index (χ0) is 25.5.